The Morgan fingerprint density at radius 1 is 1.55 bits per heavy atom. The molecule has 0 bridgehead atoms. The first-order valence-electron chi connectivity index (χ1n) is 3.69. The molecule has 0 radical (unpaired) electrons. The minimum atomic E-state index is 0.576. The molecule has 1 heterocycles. The van der Waals surface area contributed by atoms with E-state index in [1.165, 1.54) is 12.8 Å². The fourth-order valence-electron chi connectivity index (χ4n) is 1.24. The van der Waals surface area contributed by atoms with Gasteiger partial charge in [0, 0.05) is 17.4 Å². The Morgan fingerprint density at radius 3 is 2.82 bits per heavy atom. The number of nitrogens with two attached hydrogens (primary N) is 1. The summed E-state index contributed by atoms with van der Waals surface area (Å²) in [6.45, 7) is 0. The van der Waals surface area contributed by atoms with Gasteiger partial charge in [-0.3, -0.25) is 0 Å². The second kappa shape index (κ2) is 2.38. The number of pyridine rings is 1. The molecule has 2 nitrogen and oxygen atoms in total. The Labute approximate surface area is 70.4 Å². The number of anilines is 1. The summed E-state index contributed by atoms with van der Waals surface area (Å²) in [4.78, 5) is 3.99. The van der Waals surface area contributed by atoms with Crippen molar-refractivity contribution in [2.24, 2.45) is 0 Å². The van der Waals surface area contributed by atoms with Crippen LogP contribution < -0.4 is 5.73 Å². The molecule has 11 heavy (non-hydrogen) atoms. The van der Waals surface area contributed by atoms with E-state index in [0.717, 1.165) is 11.3 Å². The molecule has 1 aromatic heterocycles. The van der Waals surface area contributed by atoms with Crippen molar-refractivity contribution in [1.82, 2.24) is 4.98 Å². The number of hydrogen-bond acceptors (Lipinski definition) is 2. The molecule has 58 valence electrons. The summed E-state index contributed by atoms with van der Waals surface area (Å²) >= 11 is 5.87. The molecular weight excluding hydrogens is 160 g/mol. The lowest BCUT2D eigenvalue weighted by atomic mass is 10.1. The molecule has 1 aliphatic rings. The van der Waals surface area contributed by atoms with E-state index in [9.17, 15) is 0 Å². The van der Waals surface area contributed by atoms with E-state index >= 15 is 0 Å². The van der Waals surface area contributed by atoms with Crippen molar-refractivity contribution >= 4 is 17.3 Å². The van der Waals surface area contributed by atoms with Crippen LogP contribution in [0.15, 0.2) is 12.3 Å². The van der Waals surface area contributed by atoms with E-state index < -0.39 is 0 Å². The maximum absolute atomic E-state index is 5.87. The molecule has 0 aliphatic heterocycles. The average Bonchev–Trinajstić information content (AvgIpc) is 2.70. The first-order chi connectivity index (χ1) is 5.29. The van der Waals surface area contributed by atoms with Gasteiger partial charge in [-0.2, -0.15) is 0 Å². The minimum Gasteiger partial charge on any atom is -0.398 e. The highest BCUT2D eigenvalue weighted by Crippen LogP contribution is 2.44. The normalized spacial score (nSPS) is 16.8. The van der Waals surface area contributed by atoms with Gasteiger partial charge in [0.05, 0.1) is 0 Å². The highest BCUT2D eigenvalue weighted by molar-refractivity contribution is 6.30. The van der Waals surface area contributed by atoms with Crippen LogP contribution in [-0.2, 0) is 0 Å². The molecule has 2 N–H and O–H groups in total. The summed E-state index contributed by atoms with van der Waals surface area (Å²) in [7, 11) is 0. The third-order valence-electron chi connectivity index (χ3n) is 1.96. The molecule has 0 saturated heterocycles. The lowest BCUT2D eigenvalue weighted by Gasteiger charge is -2.03. The molecule has 0 atom stereocenters. The van der Waals surface area contributed by atoms with Crippen LogP contribution in [0, 0.1) is 0 Å². The van der Waals surface area contributed by atoms with Crippen molar-refractivity contribution in [1.29, 1.82) is 0 Å². The molecule has 1 saturated carbocycles. The first kappa shape index (κ1) is 6.92. The average molecular weight is 169 g/mol. The summed E-state index contributed by atoms with van der Waals surface area (Å²) in [5, 5.41) is 0.576. The quantitative estimate of drug-likeness (QED) is 0.653. The van der Waals surface area contributed by atoms with Gasteiger partial charge in [0.25, 0.3) is 0 Å². The molecule has 0 spiro atoms. The monoisotopic (exact) mass is 168 g/mol. The molecule has 1 fully saturated rings. The summed E-state index contributed by atoms with van der Waals surface area (Å²) in [5.41, 5.74) is 7.57. The topological polar surface area (TPSA) is 38.9 Å². The molecule has 2 rings (SSSR count). The van der Waals surface area contributed by atoms with Gasteiger partial charge < -0.3 is 5.73 Å². The lowest BCUT2D eigenvalue weighted by Crippen LogP contribution is -1.94. The van der Waals surface area contributed by atoms with Crippen LogP contribution in [0.5, 0.6) is 0 Å². The van der Waals surface area contributed by atoms with Gasteiger partial charge in [-0.15, -0.1) is 0 Å². The maximum Gasteiger partial charge on any atom is 0.134 e. The van der Waals surface area contributed by atoms with Crippen molar-refractivity contribution in [3.8, 4) is 0 Å². The van der Waals surface area contributed by atoms with Crippen molar-refractivity contribution in [2.45, 2.75) is 18.8 Å². The molecule has 0 amide bonds. The largest absolute Gasteiger partial charge is 0.398 e. The molecular formula is C8H9ClN2. The van der Waals surface area contributed by atoms with Crippen LogP contribution in [-0.4, -0.2) is 4.98 Å². The van der Waals surface area contributed by atoms with Gasteiger partial charge in [-0.05, 0) is 24.8 Å². The molecule has 0 aromatic carbocycles. The molecule has 3 heteroatoms. The standard InChI is InChI=1S/C8H9ClN2/c9-8-7(5-1-2-5)6(10)3-4-11-8/h3-5H,1-2H2,(H2,10,11). The summed E-state index contributed by atoms with van der Waals surface area (Å²) in [6.07, 6.45) is 4.05. The van der Waals surface area contributed by atoms with Crippen LogP contribution in [0.25, 0.3) is 0 Å². The Morgan fingerprint density at radius 2 is 2.27 bits per heavy atom. The van der Waals surface area contributed by atoms with Crippen molar-refractivity contribution in [2.75, 3.05) is 5.73 Å². The highest BCUT2D eigenvalue weighted by Gasteiger charge is 2.28. The lowest BCUT2D eigenvalue weighted by molar-refractivity contribution is 1.10. The minimum absolute atomic E-state index is 0.576. The smallest absolute Gasteiger partial charge is 0.134 e. The Bertz CT molecular complexity index is 261. The van der Waals surface area contributed by atoms with E-state index in [1.807, 2.05) is 0 Å². The van der Waals surface area contributed by atoms with Gasteiger partial charge >= 0.3 is 0 Å². The molecule has 1 aromatic rings. The van der Waals surface area contributed by atoms with Gasteiger partial charge in [0.15, 0.2) is 0 Å². The number of rotatable bonds is 1. The van der Waals surface area contributed by atoms with E-state index in [1.54, 1.807) is 12.3 Å². The zero-order valence-electron chi connectivity index (χ0n) is 6.05. The molecule has 1 aliphatic carbocycles. The summed E-state index contributed by atoms with van der Waals surface area (Å²) in [6, 6.07) is 1.81. The SMILES string of the molecule is Nc1ccnc(Cl)c1C1CC1. The highest BCUT2D eigenvalue weighted by atomic mass is 35.5. The summed E-state index contributed by atoms with van der Waals surface area (Å²) in [5.74, 6) is 0.580. The second-order valence-corrected chi connectivity index (χ2v) is 3.24. The predicted octanol–water partition coefficient (Wildman–Crippen LogP) is 2.19. The van der Waals surface area contributed by atoms with Crippen molar-refractivity contribution in [3.63, 3.8) is 0 Å². The van der Waals surface area contributed by atoms with Crippen LogP contribution in [0.4, 0.5) is 5.69 Å². The van der Waals surface area contributed by atoms with Gasteiger partial charge in [-0.25, -0.2) is 4.98 Å². The number of nitrogens with zero attached hydrogens (tertiary/aromatic N) is 1. The predicted molar refractivity (Wildman–Crippen MR) is 45.6 cm³/mol. The fraction of sp³-hybridized carbons (Fsp3) is 0.375. The van der Waals surface area contributed by atoms with Crippen LogP contribution in [0.2, 0.25) is 5.15 Å². The van der Waals surface area contributed by atoms with Crippen molar-refractivity contribution in [3.05, 3.63) is 23.0 Å². The van der Waals surface area contributed by atoms with E-state index in [0.29, 0.717) is 11.1 Å². The molecule has 0 unspecified atom stereocenters. The second-order valence-electron chi connectivity index (χ2n) is 2.88. The summed E-state index contributed by atoms with van der Waals surface area (Å²) < 4.78 is 0. The van der Waals surface area contributed by atoms with Crippen molar-refractivity contribution < 1.29 is 0 Å². The number of aromatic nitrogens is 1. The Hall–Kier alpha value is -0.760. The van der Waals surface area contributed by atoms with Crippen LogP contribution in [0.1, 0.15) is 24.3 Å². The van der Waals surface area contributed by atoms with Crippen LogP contribution in [0.3, 0.4) is 0 Å². The number of hydrogen-bond donors (Lipinski definition) is 1. The third kappa shape index (κ3) is 1.18. The zero-order chi connectivity index (χ0) is 7.84. The van der Waals surface area contributed by atoms with Gasteiger partial charge in [0.2, 0.25) is 0 Å². The first-order valence-corrected chi connectivity index (χ1v) is 4.06. The number of nitrogen functional groups attached to an aromatic ring is 1. The Balaban J connectivity index is 2.48. The van der Waals surface area contributed by atoms with E-state index in [-0.39, 0.29) is 0 Å². The fourth-order valence-corrected chi connectivity index (χ4v) is 1.56. The van der Waals surface area contributed by atoms with Crippen LogP contribution >= 0.6 is 11.6 Å². The van der Waals surface area contributed by atoms with Gasteiger partial charge in [-0.1, -0.05) is 11.6 Å². The zero-order valence-corrected chi connectivity index (χ0v) is 6.80. The van der Waals surface area contributed by atoms with Gasteiger partial charge in [0.1, 0.15) is 5.15 Å². The third-order valence-corrected chi connectivity index (χ3v) is 2.26. The van der Waals surface area contributed by atoms with E-state index in [4.69, 9.17) is 17.3 Å². The number of halogens is 1. The maximum atomic E-state index is 5.87. The Kier molecular flexibility index (Phi) is 1.50. The van der Waals surface area contributed by atoms with E-state index in [2.05, 4.69) is 4.98 Å².